The summed E-state index contributed by atoms with van der Waals surface area (Å²) in [5.74, 6) is -0.931. The van der Waals surface area contributed by atoms with Crippen LogP contribution in [0.3, 0.4) is 0 Å². The quantitative estimate of drug-likeness (QED) is 0.863. The van der Waals surface area contributed by atoms with Gasteiger partial charge in [-0.25, -0.2) is 4.39 Å². The highest BCUT2D eigenvalue weighted by Crippen LogP contribution is 2.27. The fourth-order valence-electron chi connectivity index (χ4n) is 1.60. The van der Waals surface area contributed by atoms with Gasteiger partial charge < -0.3 is 5.11 Å². The zero-order chi connectivity index (χ0) is 11.5. The van der Waals surface area contributed by atoms with Gasteiger partial charge in [0.1, 0.15) is 0 Å². The number of hydrogen-bond acceptors (Lipinski definition) is 2. The van der Waals surface area contributed by atoms with Crippen LogP contribution in [0.2, 0.25) is 0 Å². The predicted octanol–water partition coefficient (Wildman–Crippen LogP) is 2.80. The molecule has 0 aliphatic heterocycles. The average Bonchev–Trinajstić information content (AvgIpc) is 2.71. The third kappa shape index (κ3) is 1.91. The molecule has 1 aromatic heterocycles. The van der Waals surface area contributed by atoms with Gasteiger partial charge in [0.15, 0.2) is 11.6 Å². The summed E-state index contributed by atoms with van der Waals surface area (Å²) in [7, 11) is 0. The van der Waals surface area contributed by atoms with Crippen molar-refractivity contribution in [2.75, 3.05) is 0 Å². The SMILES string of the molecule is CCCn1cc(-c2cccc(O)c2F)cn1. The van der Waals surface area contributed by atoms with Gasteiger partial charge in [0.25, 0.3) is 0 Å². The number of nitrogens with zero attached hydrogens (tertiary/aromatic N) is 2. The maximum absolute atomic E-state index is 13.6. The summed E-state index contributed by atoms with van der Waals surface area (Å²) in [5.41, 5.74) is 1.06. The second-order valence-corrected chi connectivity index (χ2v) is 3.63. The van der Waals surface area contributed by atoms with Crippen LogP contribution in [0.15, 0.2) is 30.6 Å². The van der Waals surface area contributed by atoms with Gasteiger partial charge >= 0.3 is 0 Å². The Balaban J connectivity index is 2.39. The summed E-state index contributed by atoms with van der Waals surface area (Å²) in [6.45, 7) is 2.86. The number of phenols is 1. The van der Waals surface area contributed by atoms with E-state index in [1.165, 1.54) is 6.07 Å². The Morgan fingerprint density at radius 1 is 1.44 bits per heavy atom. The molecule has 0 aliphatic carbocycles. The molecule has 0 unspecified atom stereocenters. The molecule has 0 saturated heterocycles. The molecule has 0 atom stereocenters. The minimum absolute atomic E-state index is 0.333. The number of aromatic hydroxyl groups is 1. The van der Waals surface area contributed by atoms with E-state index in [0.29, 0.717) is 11.1 Å². The molecule has 2 aromatic rings. The number of rotatable bonds is 3. The zero-order valence-electron chi connectivity index (χ0n) is 9.02. The van der Waals surface area contributed by atoms with Crippen molar-refractivity contribution in [3.8, 4) is 16.9 Å². The molecule has 1 aromatic carbocycles. The highest BCUT2D eigenvalue weighted by Gasteiger charge is 2.10. The molecule has 2 rings (SSSR count). The van der Waals surface area contributed by atoms with E-state index in [1.54, 1.807) is 29.2 Å². The minimum atomic E-state index is -0.599. The number of benzene rings is 1. The van der Waals surface area contributed by atoms with Crippen molar-refractivity contribution < 1.29 is 9.50 Å². The van der Waals surface area contributed by atoms with E-state index in [4.69, 9.17) is 0 Å². The number of hydrogen-bond donors (Lipinski definition) is 1. The summed E-state index contributed by atoms with van der Waals surface area (Å²) in [5, 5.41) is 13.4. The minimum Gasteiger partial charge on any atom is -0.505 e. The molecule has 1 heterocycles. The van der Waals surface area contributed by atoms with Gasteiger partial charge in [-0.2, -0.15) is 5.10 Å². The number of phenolic OH excluding ortho intramolecular Hbond substituents is 1. The van der Waals surface area contributed by atoms with E-state index in [0.717, 1.165) is 13.0 Å². The first-order valence-electron chi connectivity index (χ1n) is 5.22. The van der Waals surface area contributed by atoms with Crippen molar-refractivity contribution in [3.05, 3.63) is 36.4 Å². The monoisotopic (exact) mass is 220 g/mol. The normalized spacial score (nSPS) is 10.6. The fourth-order valence-corrected chi connectivity index (χ4v) is 1.60. The molecule has 0 saturated carbocycles. The smallest absolute Gasteiger partial charge is 0.172 e. The van der Waals surface area contributed by atoms with Crippen molar-refractivity contribution in [3.63, 3.8) is 0 Å². The van der Waals surface area contributed by atoms with Gasteiger partial charge in [0.05, 0.1) is 6.20 Å². The lowest BCUT2D eigenvalue weighted by Crippen LogP contribution is -1.95. The van der Waals surface area contributed by atoms with Crippen LogP contribution in [-0.4, -0.2) is 14.9 Å². The molecule has 4 heteroatoms. The van der Waals surface area contributed by atoms with Gasteiger partial charge in [0.2, 0.25) is 0 Å². The van der Waals surface area contributed by atoms with E-state index >= 15 is 0 Å². The van der Waals surface area contributed by atoms with E-state index in [1.807, 2.05) is 0 Å². The molecule has 0 fully saturated rings. The maximum Gasteiger partial charge on any atom is 0.172 e. The fraction of sp³-hybridized carbons (Fsp3) is 0.250. The third-order valence-corrected chi connectivity index (χ3v) is 2.38. The summed E-state index contributed by atoms with van der Waals surface area (Å²) < 4.78 is 15.4. The largest absolute Gasteiger partial charge is 0.505 e. The molecule has 0 spiro atoms. The van der Waals surface area contributed by atoms with Crippen LogP contribution in [0.5, 0.6) is 5.75 Å². The molecule has 84 valence electrons. The van der Waals surface area contributed by atoms with E-state index in [-0.39, 0.29) is 5.75 Å². The Morgan fingerprint density at radius 2 is 2.25 bits per heavy atom. The van der Waals surface area contributed by atoms with Crippen molar-refractivity contribution in [2.24, 2.45) is 0 Å². The van der Waals surface area contributed by atoms with Crippen LogP contribution >= 0.6 is 0 Å². The van der Waals surface area contributed by atoms with Crippen LogP contribution in [-0.2, 0) is 6.54 Å². The Kier molecular flexibility index (Phi) is 2.90. The molecule has 0 amide bonds. The van der Waals surface area contributed by atoms with Crippen molar-refractivity contribution in [1.29, 1.82) is 0 Å². The van der Waals surface area contributed by atoms with Crippen molar-refractivity contribution >= 4 is 0 Å². The highest BCUT2D eigenvalue weighted by molar-refractivity contribution is 5.64. The molecule has 0 aliphatic rings. The molecular weight excluding hydrogens is 207 g/mol. The standard InChI is InChI=1S/C12H13FN2O/c1-2-6-15-8-9(7-14-15)10-4-3-5-11(16)12(10)13/h3-5,7-8,16H,2,6H2,1H3. The molecular formula is C12H13FN2O. The summed E-state index contributed by atoms with van der Waals surface area (Å²) >= 11 is 0. The van der Waals surface area contributed by atoms with Crippen LogP contribution in [0.4, 0.5) is 4.39 Å². The Morgan fingerprint density at radius 3 is 3.00 bits per heavy atom. The summed E-state index contributed by atoms with van der Waals surface area (Å²) in [4.78, 5) is 0. The third-order valence-electron chi connectivity index (χ3n) is 2.38. The summed E-state index contributed by atoms with van der Waals surface area (Å²) in [6, 6.07) is 4.57. The second-order valence-electron chi connectivity index (χ2n) is 3.63. The highest BCUT2D eigenvalue weighted by atomic mass is 19.1. The number of halogens is 1. The van der Waals surface area contributed by atoms with E-state index in [2.05, 4.69) is 12.0 Å². The van der Waals surface area contributed by atoms with Crippen molar-refractivity contribution in [2.45, 2.75) is 19.9 Å². The van der Waals surface area contributed by atoms with Gasteiger partial charge in [-0.1, -0.05) is 19.1 Å². The Hall–Kier alpha value is -1.84. The zero-order valence-corrected chi connectivity index (χ0v) is 9.02. The predicted molar refractivity (Wildman–Crippen MR) is 59.6 cm³/mol. The van der Waals surface area contributed by atoms with Crippen LogP contribution in [0.25, 0.3) is 11.1 Å². The summed E-state index contributed by atoms with van der Waals surface area (Å²) in [6.07, 6.45) is 4.36. The molecule has 3 nitrogen and oxygen atoms in total. The first-order chi connectivity index (χ1) is 7.72. The first kappa shape index (κ1) is 10.7. The number of aryl methyl sites for hydroxylation is 1. The average molecular weight is 220 g/mol. The van der Waals surface area contributed by atoms with Gasteiger partial charge in [-0.15, -0.1) is 0 Å². The van der Waals surface area contributed by atoms with Gasteiger partial charge in [0, 0.05) is 23.9 Å². The van der Waals surface area contributed by atoms with Crippen LogP contribution in [0, 0.1) is 5.82 Å². The molecule has 0 bridgehead atoms. The lowest BCUT2D eigenvalue weighted by atomic mass is 10.1. The Bertz CT molecular complexity index is 494. The molecule has 0 radical (unpaired) electrons. The van der Waals surface area contributed by atoms with Crippen LogP contribution in [0.1, 0.15) is 13.3 Å². The lowest BCUT2D eigenvalue weighted by molar-refractivity contribution is 0.433. The topological polar surface area (TPSA) is 38.0 Å². The maximum atomic E-state index is 13.6. The van der Waals surface area contributed by atoms with E-state index < -0.39 is 5.82 Å². The van der Waals surface area contributed by atoms with Crippen molar-refractivity contribution in [1.82, 2.24) is 9.78 Å². The van der Waals surface area contributed by atoms with E-state index in [9.17, 15) is 9.50 Å². The van der Waals surface area contributed by atoms with Gasteiger partial charge in [-0.3, -0.25) is 4.68 Å². The molecule has 1 N–H and O–H groups in total. The Labute approximate surface area is 93.2 Å². The molecule has 16 heavy (non-hydrogen) atoms. The first-order valence-corrected chi connectivity index (χ1v) is 5.22. The second kappa shape index (κ2) is 4.35. The van der Waals surface area contributed by atoms with Gasteiger partial charge in [-0.05, 0) is 12.5 Å². The lowest BCUT2D eigenvalue weighted by Gasteiger charge is -2.01. The van der Waals surface area contributed by atoms with Crippen LogP contribution < -0.4 is 0 Å². The number of aromatic nitrogens is 2.